The Balaban J connectivity index is 1.42. The number of amides is 3. The number of fused-ring (bicyclic) bond motifs is 1. The van der Waals surface area contributed by atoms with Crippen LogP contribution in [-0.4, -0.2) is 73.3 Å². The van der Waals surface area contributed by atoms with Gasteiger partial charge in [-0.1, -0.05) is 42.5 Å². The highest BCUT2D eigenvalue weighted by atomic mass is 16.5. The van der Waals surface area contributed by atoms with E-state index in [1.54, 1.807) is 18.9 Å². The molecular formula is C25H31N3O5. The number of hydrogen-bond donors (Lipinski definition) is 1. The fourth-order valence-corrected chi connectivity index (χ4v) is 4.01. The number of rotatable bonds is 8. The molecule has 0 aliphatic carbocycles. The molecule has 1 fully saturated rings. The molecule has 0 spiro atoms. The van der Waals surface area contributed by atoms with E-state index in [4.69, 9.17) is 4.74 Å². The Kier molecular flexibility index (Phi) is 8.40. The average molecular weight is 454 g/mol. The molecule has 3 amide bonds. The SMILES string of the molecule is CCOC(=O)C1CCN(C(=O)CN(C)C(=O)CNC(=O)Cc2cccc3ccccc23)CC1. The summed E-state index contributed by atoms with van der Waals surface area (Å²) in [5.74, 6) is -1.15. The number of nitrogens with zero attached hydrogens (tertiary/aromatic N) is 2. The smallest absolute Gasteiger partial charge is 0.309 e. The fraction of sp³-hybridized carbons (Fsp3) is 0.440. The number of carbonyl (C=O) groups excluding carboxylic acids is 4. The van der Waals surface area contributed by atoms with Crippen LogP contribution in [0.25, 0.3) is 10.8 Å². The van der Waals surface area contributed by atoms with E-state index in [1.807, 2.05) is 42.5 Å². The second kappa shape index (κ2) is 11.4. The van der Waals surface area contributed by atoms with Crippen LogP contribution in [-0.2, 0) is 30.3 Å². The average Bonchev–Trinajstić information content (AvgIpc) is 2.83. The third-order valence-corrected chi connectivity index (χ3v) is 5.93. The molecule has 8 nitrogen and oxygen atoms in total. The molecule has 2 aromatic rings. The van der Waals surface area contributed by atoms with Crippen molar-refractivity contribution in [3.63, 3.8) is 0 Å². The Bertz CT molecular complexity index is 1010. The molecule has 0 aromatic heterocycles. The van der Waals surface area contributed by atoms with E-state index in [-0.39, 0.29) is 49.1 Å². The Hall–Kier alpha value is -3.42. The predicted octanol–water partition coefficient (Wildman–Crippen LogP) is 1.76. The highest BCUT2D eigenvalue weighted by Gasteiger charge is 2.29. The van der Waals surface area contributed by atoms with Crippen molar-refractivity contribution in [1.29, 1.82) is 0 Å². The maximum atomic E-state index is 12.5. The summed E-state index contributed by atoms with van der Waals surface area (Å²) < 4.78 is 5.05. The number of likely N-dealkylation sites (N-methyl/N-ethyl adjacent to an activating group) is 1. The lowest BCUT2D eigenvalue weighted by molar-refractivity contribution is -0.151. The van der Waals surface area contributed by atoms with Crippen LogP contribution >= 0.6 is 0 Å². The van der Waals surface area contributed by atoms with Crippen molar-refractivity contribution in [2.45, 2.75) is 26.2 Å². The highest BCUT2D eigenvalue weighted by Crippen LogP contribution is 2.20. The summed E-state index contributed by atoms with van der Waals surface area (Å²) in [6, 6.07) is 13.6. The molecule has 1 N–H and O–H groups in total. The molecule has 1 aliphatic heterocycles. The van der Waals surface area contributed by atoms with Gasteiger partial charge < -0.3 is 19.9 Å². The summed E-state index contributed by atoms with van der Waals surface area (Å²) in [5.41, 5.74) is 0.896. The van der Waals surface area contributed by atoms with Crippen molar-refractivity contribution in [2.75, 3.05) is 39.8 Å². The molecule has 0 radical (unpaired) electrons. The molecule has 176 valence electrons. The summed E-state index contributed by atoms with van der Waals surface area (Å²) in [4.78, 5) is 52.2. The summed E-state index contributed by atoms with van der Waals surface area (Å²) in [7, 11) is 1.54. The summed E-state index contributed by atoms with van der Waals surface area (Å²) in [5, 5.41) is 4.72. The molecule has 0 unspecified atom stereocenters. The van der Waals surface area contributed by atoms with Gasteiger partial charge in [0.05, 0.1) is 32.0 Å². The van der Waals surface area contributed by atoms with Crippen molar-refractivity contribution in [2.24, 2.45) is 5.92 Å². The van der Waals surface area contributed by atoms with Gasteiger partial charge in [-0.15, -0.1) is 0 Å². The first-order valence-corrected chi connectivity index (χ1v) is 11.3. The summed E-state index contributed by atoms with van der Waals surface area (Å²) >= 11 is 0. The zero-order chi connectivity index (χ0) is 23.8. The van der Waals surface area contributed by atoms with E-state index in [1.165, 1.54) is 4.90 Å². The van der Waals surface area contributed by atoms with Crippen LogP contribution < -0.4 is 5.32 Å². The molecule has 33 heavy (non-hydrogen) atoms. The third kappa shape index (κ3) is 6.54. The Morgan fingerprint density at radius 2 is 1.76 bits per heavy atom. The lowest BCUT2D eigenvalue weighted by Gasteiger charge is -2.32. The van der Waals surface area contributed by atoms with Crippen LogP contribution in [0.2, 0.25) is 0 Å². The monoisotopic (exact) mass is 453 g/mol. The van der Waals surface area contributed by atoms with Gasteiger partial charge in [-0.05, 0) is 36.1 Å². The minimum Gasteiger partial charge on any atom is -0.466 e. The number of piperidine rings is 1. The van der Waals surface area contributed by atoms with Gasteiger partial charge in [0.2, 0.25) is 17.7 Å². The quantitative estimate of drug-likeness (QED) is 0.615. The second-order valence-corrected chi connectivity index (χ2v) is 8.25. The van der Waals surface area contributed by atoms with Gasteiger partial charge in [0, 0.05) is 20.1 Å². The first-order chi connectivity index (χ1) is 15.9. The minimum atomic E-state index is -0.337. The zero-order valence-corrected chi connectivity index (χ0v) is 19.2. The van der Waals surface area contributed by atoms with Crippen molar-refractivity contribution in [3.8, 4) is 0 Å². The lowest BCUT2D eigenvalue weighted by Crippen LogP contribution is -2.47. The highest BCUT2D eigenvalue weighted by molar-refractivity contribution is 5.92. The van der Waals surface area contributed by atoms with Crippen LogP contribution in [0.5, 0.6) is 0 Å². The number of ether oxygens (including phenoxy) is 1. The number of esters is 1. The van der Waals surface area contributed by atoms with E-state index in [2.05, 4.69) is 5.32 Å². The zero-order valence-electron chi connectivity index (χ0n) is 19.2. The van der Waals surface area contributed by atoms with Crippen LogP contribution in [0, 0.1) is 5.92 Å². The fourth-order valence-electron chi connectivity index (χ4n) is 4.01. The number of hydrogen-bond acceptors (Lipinski definition) is 5. The maximum absolute atomic E-state index is 12.5. The Morgan fingerprint density at radius 3 is 2.48 bits per heavy atom. The van der Waals surface area contributed by atoms with Crippen LogP contribution in [0.3, 0.4) is 0 Å². The van der Waals surface area contributed by atoms with E-state index >= 15 is 0 Å². The summed E-state index contributed by atoms with van der Waals surface area (Å²) in [6.45, 7) is 2.82. The molecule has 0 bridgehead atoms. The van der Waals surface area contributed by atoms with Gasteiger partial charge in [0.15, 0.2) is 0 Å². The van der Waals surface area contributed by atoms with Crippen LogP contribution in [0.15, 0.2) is 42.5 Å². The molecule has 1 saturated heterocycles. The van der Waals surface area contributed by atoms with E-state index in [0.29, 0.717) is 32.5 Å². The van der Waals surface area contributed by atoms with Crippen molar-refractivity contribution in [3.05, 3.63) is 48.0 Å². The third-order valence-electron chi connectivity index (χ3n) is 5.93. The van der Waals surface area contributed by atoms with Gasteiger partial charge in [0.1, 0.15) is 0 Å². The standard InChI is InChI=1S/C25H31N3O5/c1-3-33-25(32)19-11-13-28(14-12-19)24(31)17-27(2)23(30)16-26-22(29)15-20-9-6-8-18-7-4-5-10-21(18)20/h4-10,19H,3,11-17H2,1-2H3,(H,26,29). The first kappa shape index (κ1) is 24.2. The van der Waals surface area contributed by atoms with Gasteiger partial charge in [0.25, 0.3) is 0 Å². The topological polar surface area (TPSA) is 96.0 Å². The van der Waals surface area contributed by atoms with Gasteiger partial charge >= 0.3 is 5.97 Å². The van der Waals surface area contributed by atoms with Gasteiger partial charge in [-0.25, -0.2) is 0 Å². The number of likely N-dealkylation sites (tertiary alicyclic amines) is 1. The molecule has 8 heteroatoms. The maximum Gasteiger partial charge on any atom is 0.309 e. The molecule has 0 saturated carbocycles. The minimum absolute atomic E-state index is 0.0674. The van der Waals surface area contributed by atoms with Gasteiger partial charge in [-0.3, -0.25) is 19.2 Å². The normalized spacial score (nSPS) is 14.1. The largest absolute Gasteiger partial charge is 0.466 e. The number of benzene rings is 2. The first-order valence-electron chi connectivity index (χ1n) is 11.3. The van der Waals surface area contributed by atoms with Crippen molar-refractivity contribution in [1.82, 2.24) is 15.1 Å². The van der Waals surface area contributed by atoms with Crippen molar-refractivity contribution < 1.29 is 23.9 Å². The molecule has 3 rings (SSSR count). The van der Waals surface area contributed by atoms with Crippen LogP contribution in [0.1, 0.15) is 25.3 Å². The molecular weight excluding hydrogens is 422 g/mol. The van der Waals surface area contributed by atoms with E-state index in [0.717, 1.165) is 16.3 Å². The second-order valence-electron chi connectivity index (χ2n) is 8.25. The van der Waals surface area contributed by atoms with E-state index in [9.17, 15) is 19.2 Å². The lowest BCUT2D eigenvalue weighted by atomic mass is 9.97. The molecule has 1 heterocycles. The summed E-state index contributed by atoms with van der Waals surface area (Å²) in [6.07, 6.45) is 1.30. The number of nitrogens with one attached hydrogen (secondary N) is 1. The van der Waals surface area contributed by atoms with E-state index < -0.39 is 0 Å². The van der Waals surface area contributed by atoms with Crippen molar-refractivity contribution >= 4 is 34.5 Å². The number of carbonyl (C=O) groups is 4. The molecule has 0 atom stereocenters. The van der Waals surface area contributed by atoms with Crippen LogP contribution in [0.4, 0.5) is 0 Å². The molecule has 2 aromatic carbocycles. The molecule has 1 aliphatic rings. The predicted molar refractivity (Wildman–Crippen MR) is 124 cm³/mol. The Morgan fingerprint density at radius 1 is 1.06 bits per heavy atom. The van der Waals surface area contributed by atoms with Gasteiger partial charge in [-0.2, -0.15) is 0 Å². The Labute approximate surface area is 193 Å².